The number of hydrogen-bond acceptors (Lipinski definition) is 3. The minimum absolute atomic E-state index is 0.273. The van der Waals surface area contributed by atoms with Gasteiger partial charge in [0.25, 0.3) is 0 Å². The first-order chi connectivity index (χ1) is 6.88. The maximum atomic E-state index is 10.6. The molecule has 0 saturated carbocycles. The maximum Gasteiger partial charge on any atom is 0.373 e. The Balaban J connectivity index is 5.20. The van der Waals surface area contributed by atoms with Gasteiger partial charge in [0.05, 0.1) is 5.70 Å². The van der Waals surface area contributed by atoms with Crippen molar-refractivity contribution in [2.45, 2.75) is 32.8 Å². The maximum absolute atomic E-state index is 10.6. The van der Waals surface area contributed by atoms with Crippen LogP contribution in [0, 0.1) is 0 Å². The standard InChI is InChI=1S/C10H16N2O3/c1-5-7(10(3,15)6-2)12-8(11-4)9(13)14/h5,15H,4,6H2,1-3H3,(H,13,14)/b7-5-,12-8-. The van der Waals surface area contributed by atoms with Gasteiger partial charge in [0, 0.05) is 0 Å². The van der Waals surface area contributed by atoms with Gasteiger partial charge < -0.3 is 10.2 Å². The molecule has 1 unspecified atom stereocenters. The van der Waals surface area contributed by atoms with Crippen molar-refractivity contribution in [1.29, 1.82) is 0 Å². The molecule has 0 aliphatic carbocycles. The van der Waals surface area contributed by atoms with Gasteiger partial charge in [-0.05, 0) is 27.0 Å². The van der Waals surface area contributed by atoms with E-state index in [9.17, 15) is 9.90 Å². The predicted octanol–water partition coefficient (Wildman–Crippen LogP) is 1.23. The third-order valence-corrected chi connectivity index (χ3v) is 2.08. The average molecular weight is 212 g/mol. The molecule has 0 spiro atoms. The first-order valence-electron chi connectivity index (χ1n) is 4.57. The van der Waals surface area contributed by atoms with Gasteiger partial charge in [-0.25, -0.2) is 14.8 Å². The molecule has 0 bridgehead atoms. The molecule has 15 heavy (non-hydrogen) atoms. The average Bonchev–Trinajstić information content (AvgIpc) is 2.18. The van der Waals surface area contributed by atoms with Crippen molar-refractivity contribution >= 4 is 18.5 Å². The molecule has 5 nitrogen and oxygen atoms in total. The quantitative estimate of drug-likeness (QED) is 0.545. The summed E-state index contributed by atoms with van der Waals surface area (Å²) < 4.78 is 0. The van der Waals surface area contributed by atoms with Crippen molar-refractivity contribution in [3.05, 3.63) is 11.8 Å². The van der Waals surface area contributed by atoms with E-state index >= 15 is 0 Å². The molecule has 84 valence electrons. The largest absolute Gasteiger partial charge is 0.475 e. The summed E-state index contributed by atoms with van der Waals surface area (Å²) in [5.41, 5.74) is -0.880. The van der Waals surface area contributed by atoms with Gasteiger partial charge in [0.2, 0.25) is 5.84 Å². The summed E-state index contributed by atoms with van der Waals surface area (Å²) in [5, 5.41) is 18.6. The Hall–Kier alpha value is -1.49. The number of aliphatic imine (C=N–C) groups is 2. The number of carboxylic acid groups (broad SMARTS) is 1. The fourth-order valence-electron chi connectivity index (χ4n) is 0.942. The van der Waals surface area contributed by atoms with E-state index in [4.69, 9.17) is 5.11 Å². The Morgan fingerprint density at radius 3 is 2.40 bits per heavy atom. The Morgan fingerprint density at radius 2 is 2.13 bits per heavy atom. The Kier molecular flexibility index (Phi) is 4.87. The van der Waals surface area contributed by atoms with Gasteiger partial charge >= 0.3 is 5.97 Å². The molecule has 0 aromatic carbocycles. The smallest absolute Gasteiger partial charge is 0.373 e. The zero-order valence-electron chi connectivity index (χ0n) is 9.19. The SMILES string of the molecule is C=N/C(=N\C(=C/C)C(C)(O)CC)C(=O)O. The molecule has 5 heteroatoms. The lowest BCUT2D eigenvalue weighted by Gasteiger charge is -2.21. The lowest BCUT2D eigenvalue weighted by atomic mass is 9.99. The van der Waals surface area contributed by atoms with Crippen molar-refractivity contribution in [3.8, 4) is 0 Å². The van der Waals surface area contributed by atoms with Crippen LogP contribution >= 0.6 is 0 Å². The monoisotopic (exact) mass is 212 g/mol. The zero-order valence-corrected chi connectivity index (χ0v) is 9.19. The summed E-state index contributed by atoms with van der Waals surface area (Å²) in [6.45, 7) is 8.12. The molecular formula is C10H16N2O3. The fraction of sp³-hybridized carbons (Fsp3) is 0.500. The summed E-state index contributed by atoms with van der Waals surface area (Å²) in [7, 11) is 0. The van der Waals surface area contributed by atoms with Crippen molar-refractivity contribution < 1.29 is 15.0 Å². The first kappa shape index (κ1) is 13.5. The second kappa shape index (κ2) is 5.41. The number of aliphatic carboxylic acids is 1. The first-order valence-corrected chi connectivity index (χ1v) is 4.57. The van der Waals surface area contributed by atoms with Crippen LogP contribution in [0.3, 0.4) is 0 Å². The van der Waals surface area contributed by atoms with E-state index in [0.717, 1.165) is 0 Å². The summed E-state index contributed by atoms with van der Waals surface area (Å²) in [4.78, 5) is 17.6. The highest BCUT2D eigenvalue weighted by atomic mass is 16.4. The topological polar surface area (TPSA) is 82.2 Å². The number of carboxylic acids is 1. The third-order valence-electron chi connectivity index (χ3n) is 2.08. The Morgan fingerprint density at radius 1 is 1.60 bits per heavy atom. The van der Waals surface area contributed by atoms with E-state index in [0.29, 0.717) is 6.42 Å². The minimum atomic E-state index is -1.27. The molecule has 0 radical (unpaired) electrons. The Bertz CT molecular complexity index is 317. The fourth-order valence-corrected chi connectivity index (χ4v) is 0.942. The summed E-state index contributed by atoms with van der Waals surface area (Å²) in [5.74, 6) is -1.69. The molecule has 0 rings (SSSR count). The molecule has 0 aliphatic rings. The number of rotatable bonds is 3. The summed E-state index contributed by atoms with van der Waals surface area (Å²) in [6.07, 6.45) is 1.98. The van der Waals surface area contributed by atoms with E-state index in [1.165, 1.54) is 0 Å². The van der Waals surface area contributed by atoms with Gasteiger partial charge in [-0.15, -0.1) is 0 Å². The van der Waals surface area contributed by atoms with Gasteiger partial charge in [-0.3, -0.25) is 0 Å². The van der Waals surface area contributed by atoms with Gasteiger partial charge in [-0.2, -0.15) is 0 Å². The third kappa shape index (κ3) is 3.63. The zero-order chi connectivity index (χ0) is 12.1. The normalized spacial score (nSPS) is 17.1. The van der Waals surface area contributed by atoms with Crippen molar-refractivity contribution in [2.75, 3.05) is 0 Å². The number of nitrogens with zero attached hydrogens (tertiary/aromatic N) is 2. The van der Waals surface area contributed by atoms with E-state index in [2.05, 4.69) is 16.7 Å². The van der Waals surface area contributed by atoms with Crippen LogP contribution in [0.25, 0.3) is 0 Å². The lowest BCUT2D eigenvalue weighted by molar-refractivity contribution is -0.129. The highest BCUT2D eigenvalue weighted by Gasteiger charge is 2.24. The molecule has 0 aliphatic heterocycles. The predicted molar refractivity (Wildman–Crippen MR) is 59.3 cm³/mol. The van der Waals surface area contributed by atoms with Crippen LogP contribution in [0.1, 0.15) is 27.2 Å². The van der Waals surface area contributed by atoms with Crippen LogP contribution in [0.5, 0.6) is 0 Å². The van der Waals surface area contributed by atoms with Crippen LogP contribution in [0.15, 0.2) is 21.8 Å². The highest BCUT2D eigenvalue weighted by Crippen LogP contribution is 2.21. The number of aliphatic hydroxyl groups is 1. The van der Waals surface area contributed by atoms with E-state index < -0.39 is 17.4 Å². The van der Waals surface area contributed by atoms with Crippen LogP contribution in [-0.4, -0.2) is 34.3 Å². The summed E-state index contributed by atoms with van der Waals surface area (Å²) in [6, 6.07) is 0. The lowest BCUT2D eigenvalue weighted by Crippen LogP contribution is -2.26. The molecule has 0 aromatic heterocycles. The van der Waals surface area contributed by atoms with Crippen molar-refractivity contribution in [1.82, 2.24) is 0 Å². The number of hydrogen-bond donors (Lipinski definition) is 2. The van der Waals surface area contributed by atoms with Crippen molar-refractivity contribution in [3.63, 3.8) is 0 Å². The molecule has 0 heterocycles. The second-order valence-electron chi connectivity index (χ2n) is 3.20. The molecule has 0 amide bonds. The van der Waals surface area contributed by atoms with Crippen LogP contribution in [0.4, 0.5) is 0 Å². The number of amidine groups is 1. The van der Waals surface area contributed by atoms with E-state index in [1.807, 2.05) is 0 Å². The highest BCUT2D eigenvalue weighted by molar-refractivity contribution is 6.35. The van der Waals surface area contributed by atoms with E-state index in [1.54, 1.807) is 26.8 Å². The Labute approximate surface area is 88.9 Å². The van der Waals surface area contributed by atoms with Gasteiger partial charge in [-0.1, -0.05) is 13.0 Å². The number of allylic oxidation sites excluding steroid dienone is 1. The van der Waals surface area contributed by atoms with Gasteiger partial charge in [0.1, 0.15) is 5.60 Å². The molecular weight excluding hydrogens is 196 g/mol. The van der Waals surface area contributed by atoms with Gasteiger partial charge in [0.15, 0.2) is 0 Å². The molecule has 0 aromatic rings. The number of carbonyl (C=O) groups is 1. The van der Waals surface area contributed by atoms with Crippen LogP contribution in [0.2, 0.25) is 0 Å². The van der Waals surface area contributed by atoms with Crippen LogP contribution < -0.4 is 0 Å². The van der Waals surface area contributed by atoms with Crippen LogP contribution in [-0.2, 0) is 4.79 Å². The molecule has 0 fully saturated rings. The van der Waals surface area contributed by atoms with Crippen molar-refractivity contribution in [2.24, 2.45) is 9.98 Å². The molecule has 2 N–H and O–H groups in total. The second-order valence-corrected chi connectivity index (χ2v) is 3.20. The molecule has 1 atom stereocenters. The minimum Gasteiger partial charge on any atom is -0.475 e. The molecule has 0 saturated heterocycles. The van der Waals surface area contributed by atoms with E-state index in [-0.39, 0.29) is 5.70 Å². The summed E-state index contributed by atoms with van der Waals surface area (Å²) >= 11 is 0.